The standard InChI is InChI=1S/C28H34N4O2/c1-20-16-21(2)19-32(18-20)28(33)24-17-29-27(23-9-5-4-8-22(23)24)31-14-12-30(13-15-31)25-10-6-7-11-26(25)34-3/h4-11,17,20-21H,12-16,18-19H2,1-3H3. The van der Waals surface area contributed by atoms with Crippen LogP contribution in [0.15, 0.2) is 54.7 Å². The summed E-state index contributed by atoms with van der Waals surface area (Å²) in [5.41, 5.74) is 1.85. The number of amides is 1. The zero-order valence-electron chi connectivity index (χ0n) is 20.4. The number of anilines is 2. The van der Waals surface area contributed by atoms with Crippen LogP contribution in [0.5, 0.6) is 5.75 Å². The first-order valence-electron chi connectivity index (χ1n) is 12.3. The van der Waals surface area contributed by atoms with Gasteiger partial charge in [-0.05, 0) is 35.8 Å². The van der Waals surface area contributed by atoms with Crippen molar-refractivity contribution in [1.29, 1.82) is 0 Å². The normalized spacial score (nSPS) is 21.1. The molecule has 0 aliphatic carbocycles. The van der Waals surface area contributed by atoms with Crippen LogP contribution >= 0.6 is 0 Å². The van der Waals surface area contributed by atoms with Gasteiger partial charge in [-0.1, -0.05) is 50.2 Å². The zero-order valence-corrected chi connectivity index (χ0v) is 20.4. The Bertz CT molecular complexity index is 1160. The third kappa shape index (κ3) is 4.29. The number of para-hydroxylation sites is 2. The third-order valence-corrected chi connectivity index (χ3v) is 7.17. The van der Waals surface area contributed by atoms with Crippen LogP contribution in [0, 0.1) is 11.8 Å². The van der Waals surface area contributed by atoms with Crippen LogP contribution in [-0.4, -0.2) is 62.2 Å². The Kier molecular flexibility index (Phi) is 6.31. The maximum Gasteiger partial charge on any atom is 0.256 e. The van der Waals surface area contributed by atoms with E-state index >= 15 is 0 Å². The van der Waals surface area contributed by atoms with Crippen LogP contribution in [0.4, 0.5) is 11.5 Å². The summed E-state index contributed by atoms with van der Waals surface area (Å²) in [6, 6.07) is 16.4. The third-order valence-electron chi connectivity index (χ3n) is 7.17. The number of methoxy groups -OCH3 is 1. The van der Waals surface area contributed by atoms with Crippen molar-refractivity contribution in [3.05, 3.63) is 60.3 Å². The fourth-order valence-corrected chi connectivity index (χ4v) is 5.65. The zero-order chi connectivity index (χ0) is 23.7. The highest BCUT2D eigenvalue weighted by molar-refractivity contribution is 6.09. The molecule has 0 bridgehead atoms. The van der Waals surface area contributed by atoms with E-state index in [1.807, 2.05) is 29.2 Å². The summed E-state index contributed by atoms with van der Waals surface area (Å²) in [6.07, 6.45) is 2.99. The van der Waals surface area contributed by atoms with Crippen molar-refractivity contribution in [2.24, 2.45) is 11.8 Å². The number of pyridine rings is 1. The molecule has 2 aliphatic rings. The lowest BCUT2D eigenvalue weighted by Crippen LogP contribution is -2.47. The summed E-state index contributed by atoms with van der Waals surface area (Å²) in [5.74, 6) is 3.04. The molecule has 2 unspecified atom stereocenters. The Balaban J connectivity index is 1.39. The van der Waals surface area contributed by atoms with E-state index < -0.39 is 0 Å². The Morgan fingerprint density at radius 3 is 2.21 bits per heavy atom. The highest BCUT2D eigenvalue weighted by Crippen LogP contribution is 2.32. The molecule has 0 spiro atoms. The number of piperazine rings is 1. The van der Waals surface area contributed by atoms with E-state index in [0.29, 0.717) is 17.4 Å². The van der Waals surface area contributed by atoms with Gasteiger partial charge in [0.15, 0.2) is 0 Å². The van der Waals surface area contributed by atoms with Gasteiger partial charge < -0.3 is 19.4 Å². The number of nitrogens with zero attached hydrogens (tertiary/aromatic N) is 4. The molecule has 0 radical (unpaired) electrons. The van der Waals surface area contributed by atoms with Gasteiger partial charge in [0.1, 0.15) is 11.6 Å². The van der Waals surface area contributed by atoms with Gasteiger partial charge in [-0.2, -0.15) is 0 Å². The highest BCUT2D eigenvalue weighted by Gasteiger charge is 2.28. The molecule has 34 heavy (non-hydrogen) atoms. The van der Waals surface area contributed by atoms with Crippen molar-refractivity contribution >= 4 is 28.2 Å². The molecule has 3 heterocycles. The molecular formula is C28H34N4O2. The molecule has 2 fully saturated rings. The van der Waals surface area contributed by atoms with E-state index in [9.17, 15) is 4.79 Å². The number of piperidine rings is 1. The van der Waals surface area contributed by atoms with E-state index in [2.05, 4.69) is 47.9 Å². The number of hydrogen-bond donors (Lipinski definition) is 0. The Morgan fingerprint density at radius 1 is 0.882 bits per heavy atom. The van der Waals surface area contributed by atoms with Crippen molar-refractivity contribution in [2.45, 2.75) is 20.3 Å². The number of carbonyl (C=O) groups excluding carboxylic acids is 1. The van der Waals surface area contributed by atoms with Gasteiger partial charge in [-0.15, -0.1) is 0 Å². The minimum Gasteiger partial charge on any atom is -0.495 e. The first kappa shape index (κ1) is 22.5. The molecule has 2 aliphatic heterocycles. The summed E-state index contributed by atoms with van der Waals surface area (Å²) in [6.45, 7) is 9.63. The first-order valence-corrected chi connectivity index (χ1v) is 12.3. The van der Waals surface area contributed by atoms with Crippen molar-refractivity contribution in [1.82, 2.24) is 9.88 Å². The molecule has 0 N–H and O–H groups in total. The molecule has 2 atom stereocenters. The number of carbonyl (C=O) groups is 1. The van der Waals surface area contributed by atoms with Gasteiger partial charge in [0.25, 0.3) is 5.91 Å². The molecule has 0 saturated carbocycles. The first-order chi connectivity index (χ1) is 16.5. The molecular weight excluding hydrogens is 424 g/mol. The predicted octanol–water partition coefficient (Wildman–Crippen LogP) is 4.69. The average Bonchev–Trinajstić information content (AvgIpc) is 2.87. The topological polar surface area (TPSA) is 48.9 Å². The molecule has 1 aromatic heterocycles. The second kappa shape index (κ2) is 9.53. The number of ether oxygens (including phenoxy) is 1. The van der Waals surface area contributed by atoms with Crippen LogP contribution in [0.2, 0.25) is 0 Å². The van der Waals surface area contributed by atoms with Gasteiger partial charge in [0.2, 0.25) is 0 Å². The van der Waals surface area contributed by atoms with E-state index in [4.69, 9.17) is 9.72 Å². The van der Waals surface area contributed by atoms with Gasteiger partial charge >= 0.3 is 0 Å². The minimum absolute atomic E-state index is 0.106. The van der Waals surface area contributed by atoms with Crippen LogP contribution < -0.4 is 14.5 Å². The smallest absolute Gasteiger partial charge is 0.256 e. The summed E-state index contributed by atoms with van der Waals surface area (Å²) < 4.78 is 5.56. The molecule has 178 valence electrons. The van der Waals surface area contributed by atoms with E-state index in [1.54, 1.807) is 13.3 Å². The summed E-state index contributed by atoms with van der Waals surface area (Å²) >= 11 is 0. The molecule has 5 rings (SSSR count). The van der Waals surface area contributed by atoms with Crippen molar-refractivity contribution < 1.29 is 9.53 Å². The summed E-state index contributed by atoms with van der Waals surface area (Å²) in [4.78, 5) is 25.1. The Labute approximate surface area is 202 Å². The lowest BCUT2D eigenvalue weighted by Gasteiger charge is -2.38. The molecule has 1 amide bonds. The fraction of sp³-hybridized carbons (Fsp3) is 0.429. The lowest BCUT2D eigenvalue weighted by molar-refractivity contribution is 0.0625. The number of fused-ring (bicyclic) bond motifs is 1. The van der Waals surface area contributed by atoms with Crippen molar-refractivity contribution in [2.75, 3.05) is 56.2 Å². The molecule has 3 aromatic rings. The Hall–Kier alpha value is -3.28. The largest absolute Gasteiger partial charge is 0.495 e. The van der Waals surface area contributed by atoms with Gasteiger partial charge in [0.05, 0.1) is 18.4 Å². The fourth-order valence-electron chi connectivity index (χ4n) is 5.65. The van der Waals surface area contributed by atoms with Crippen molar-refractivity contribution in [3.8, 4) is 5.75 Å². The second-order valence-corrected chi connectivity index (χ2v) is 9.84. The lowest BCUT2D eigenvalue weighted by atomic mass is 9.91. The van der Waals surface area contributed by atoms with E-state index in [1.165, 1.54) is 6.42 Å². The number of likely N-dealkylation sites (tertiary alicyclic amines) is 1. The quantitative estimate of drug-likeness (QED) is 0.568. The predicted molar refractivity (Wildman–Crippen MR) is 138 cm³/mol. The number of benzene rings is 2. The maximum atomic E-state index is 13.5. The summed E-state index contributed by atoms with van der Waals surface area (Å²) in [7, 11) is 1.72. The second-order valence-electron chi connectivity index (χ2n) is 9.84. The number of aromatic nitrogens is 1. The SMILES string of the molecule is COc1ccccc1N1CCN(c2ncc(C(=O)N3CC(C)CC(C)C3)c3ccccc23)CC1. The van der Waals surface area contributed by atoms with Gasteiger partial charge in [-0.3, -0.25) is 4.79 Å². The van der Waals surface area contributed by atoms with E-state index in [0.717, 1.165) is 67.3 Å². The minimum atomic E-state index is 0.106. The molecule has 2 aromatic carbocycles. The summed E-state index contributed by atoms with van der Waals surface area (Å²) in [5, 5.41) is 2.05. The average molecular weight is 459 g/mol. The Morgan fingerprint density at radius 2 is 1.50 bits per heavy atom. The number of hydrogen-bond acceptors (Lipinski definition) is 5. The van der Waals surface area contributed by atoms with Crippen LogP contribution in [0.1, 0.15) is 30.6 Å². The monoisotopic (exact) mass is 458 g/mol. The van der Waals surface area contributed by atoms with Crippen LogP contribution in [0.25, 0.3) is 10.8 Å². The van der Waals surface area contributed by atoms with Crippen LogP contribution in [0.3, 0.4) is 0 Å². The number of rotatable bonds is 4. The van der Waals surface area contributed by atoms with Gasteiger partial charge in [-0.25, -0.2) is 4.98 Å². The van der Waals surface area contributed by atoms with Gasteiger partial charge in [0, 0.05) is 50.9 Å². The maximum absolute atomic E-state index is 13.5. The van der Waals surface area contributed by atoms with Crippen LogP contribution in [-0.2, 0) is 0 Å². The highest BCUT2D eigenvalue weighted by atomic mass is 16.5. The molecule has 6 nitrogen and oxygen atoms in total. The van der Waals surface area contributed by atoms with Crippen molar-refractivity contribution in [3.63, 3.8) is 0 Å². The molecule has 2 saturated heterocycles. The molecule has 6 heteroatoms. The van der Waals surface area contributed by atoms with E-state index in [-0.39, 0.29) is 5.91 Å².